The third-order valence-corrected chi connectivity index (χ3v) is 4.85. The Bertz CT molecular complexity index is 919. The Hall–Kier alpha value is -2.32. The first-order chi connectivity index (χ1) is 12.6. The molecule has 1 N–H and O–H groups in total. The normalized spacial score (nSPS) is 18.2. The van der Waals surface area contributed by atoms with Gasteiger partial charge in [-0.3, -0.25) is 0 Å². The highest BCUT2D eigenvalue weighted by atomic mass is 32.1. The van der Waals surface area contributed by atoms with E-state index in [-0.39, 0.29) is 0 Å². The zero-order valence-corrected chi connectivity index (χ0v) is 15.4. The Kier molecular flexibility index (Phi) is 4.69. The fourth-order valence-corrected chi connectivity index (χ4v) is 3.34. The summed E-state index contributed by atoms with van der Waals surface area (Å²) in [7, 11) is 5.93. The van der Waals surface area contributed by atoms with Gasteiger partial charge in [0.25, 0.3) is 0 Å². The number of pyridine rings is 1. The minimum Gasteiger partial charge on any atom is -0.351 e. The van der Waals surface area contributed by atoms with Gasteiger partial charge in [-0.2, -0.15) is 0 Å². The molecule has 0 amide bonds. The van der Waals surface area contributed by atoms with Crippen molar-refractivity contribution in [2.45, 2.75) is 17.9 Å². The van der Waals surface area contributed by atoms with Gasteiger partial charge in [0.05, 0.1) is 5.52 Å². The van der Waals surface area contributed by atoms with E-state index in [0.717, 1.165) is 47.1 Å². The van der Waals surface area contributed by atoms with Crippen molar-refractivity contribution in [2.24, 2.45) is 0 Å². The van der Waals surface area contributed by atoms with Gasteiger partial charge in [0.2, 0.25) is 0 Å². The maximum Gasteiger partial charge on any atom is 0.182 e. The number of fused-ring (bicyclic) bond motifs is 1. The Morgan fingerprint density at radius 2 is 1.92 bits per heavy atom. The van der Waals surface area contributed by atoms with Gasteiger partial charge in [-0.1, -0.05) is 0 Å². The van der Waals surface area contributed by atoms with Crippen LogP contribution in [0.3, 0.4) is 0 Å². The van der Waals surface area contributed by atoms with Crippen molar-refractivity contribution in [1.82, 2.24) is 19.8 Å². The van der Waals surface area contributed by atoms with E-state index in [2.05, 4.69) is 39.7 Å². The van der Waals surface area contributed by atoms with Crippen LogP contribution in [0.15, 0.2) is 47.6 Å². The number of hydrogen-bond donors (Lipinski definition) is 2. The van der Waals surface area contributed by atoms with Crippen LogP contribution in [0.5, 0.6) is 0 Å². The molecule has 0 aliphatic carbocycles. The highest BCUT2D eigenvalue weighted by Crippen LogP contribution is 2.26. The second-order valence-electron chi connectivity index (χ2n) is 6.47. The molecular formula is C18H19BN6S. The van der Waals surface area contributed by atoms with Crippen molar-refractivity contribution in [3.63, 3.8) is 0 Å². The van der Waals surface area contributed by atoms with E-state index in [1.807, 2.05) is 41.2 Å². The molecule has 4 rings (SSSR count). The second kappa shape index (κ2) is 7.13. The number of hydrogen-bond acceptors (Lipinski definition) is 7. The van der Waals surface area contributed by atoms with Crippen molar-refractivity contribution in [3.05, 3.63) is 42.7 Å². The van der Waals surface area contributed by atoms with Gasteiger partial charge >= 0.3 is 0 Å². The van der Waals surface area contributed by atoms with Gasteiger partial charge in [0.1, 0.15) is 17.7 Å². The maximum absolute atomic E-state index is 5.93. The van der Waals surface area contributed by atoms with Gasteiger partial charge in [0.15, 0.2) is 13.8 Å². The smallest absolute Gasteiger partial charge is 0.182 e. The lowest BCUT2D eigenvalue weighted by molar-refractivity contribution is 0.360. The first kappa shape index (κ1) is 17.1. The van der Waals surface area contributed by atoms with Crippen LogP contribution >= 0.6 is 12.6 Å². The summed E-state index contributed by atoms with van der Waals surface area (Å²) in [5.74, 6) is 1.61. The molecule has 1 fully saturated rings. The minimum atomic E-state index is 0.294. The molecular weight excluding hydrogens is 343 g/mol. The lowest BCUT2D eigenvalue weighted by Gasteiger charge is -2.39. The first-order valence-electron chi connectivity index (χ1n) is 8.54. The number of aromatic nitrogens is 3. The fourth-order valence-electron chi connectivity index (χ4n) is 3.19. The molecule has 3 heterocycles. The van der Waals surface area contributed by atoms with Crippen LogP contribution in [-0.2, 0) is 0 Å². The maximum atomic E-state index is 5.93. The topological polar surface area (TPSA) is 57.2 Å². The summed E-state index contributed by atoms with van der Waals surface area (Å²) in [6.07, 6.45) is 1.55. The summed E-state index contributed by atoms with van der Waals surface area (Å²) in [4.78, 5) is 18.6. The van der Waals surface area contributed by atoms with Crippen molar-refractivity contribution >= 4 is 49.0 Å². The van der Waals surface area contributed by atoms with Crippen LogP contribution in [-0.4, -0.2) is 53.4 Å². The van der Waals surface area contributed by atoms with E-state index in [9.17, 15) is 0 Å². The molecule has 0 saturated carbocycles. The summed E-state index contributed by atoms with van der Waals surface area (Å²) >= 11 is 4.32. The van der Waals surface area contributed by atoms with Gasteiger partial charge in [-0.25, -0.2) is 15.0 Å². The van der Waals surface area contributed by atoms with E-state index in [1.165, 1.54) is 0 Å². The molecule has 1 saturated heterocycles. The molecule has 2 radical (unpaired) electrons. The molecule has 1 aliphatic rings. The van der Waals surface area contributed by atoms with Crippen LogP contribution < -0.4 is 10.2 Å². The lowest BCUT2D eigenvalue weighted by Crippen LogP contribution is -2.51. The monoisotopic (exact) mass is 362 g/mol. The Morgan fingerprint density at radius 1 is 1.12 bits per heavy atom. The molecule has 8 heteroatoms. The molecule has 1 atom stereocenters. The summed E-state index contributed by atoms with van der Waals surface area (Å²) in [6, 6.07) is 12.1. The van der Waals surface area contributed by atoms with Gasteiger partial charge in [-0.05, 0) is 43.3 Å². The average Bonchev–Trinajstić information content (AvgIpc) is 2.64. The van der Waals surface area contributed by atoms with E-state index in [0.29, 0.717) is 11.9 Å². The summed E-state index contributed by atoms with van der Waals surface area (Å²) in [5.41, 5.74) is 2.49. The third kappa shape index (κ3) is 3.47. The van der Waals surface area contributed by atoms with E-state index < -0.39 is 0 Å². The lowest BCUT2D eigenvalue weighted by atomic mass is 10.1. The van der Waals surface area contributed by atoms with Gasteiger partial charge < -0.3 is 15.0 Å². The molecule has 130 valence electrons. The summed E-state index contributed by atoms with van der Waals surface area (Å²) < 4.78 is 0. The molecule has 0 bridgehead atoms. The highest BCUT2D eigenvalue weighted by Gasteiger charge is 2.22. The predicted octanol–water partition coefficient (Wildman–Crippen LogP) is 2.65. The van der Waals surface area contributed by atoms with Crippen LogP contribution in [0, 0.1) is 0 Å². The van der Waals surface area contributed by atoms with E-state index >= 15 is 0 Å². The zero-order valence-electron chi connectivity index (χ0n) is 14.5. The Balaban J connectivity index is 1.69. The molecule has 1 unspecified atom stereocenters. The number of nitrogens with zero attached hydrogens (tertiary/aromatic N) is 5. The SMILES string of the molecule is [B]N1CCN(c2ccc3ncnc(Nc4ccc(S)cc4)c3n2)C(C)C1. The van der Waals surface area contributed by atoms with Crippen LogP contribution in [0.25, 0.3) is 11.0 Å². The van der Waals surface area contributed by atoms with Crippen molar-refractivity contribution < 1.29 is 0 Å². The van der Waals surface area contributed by atoms with Crippen molar-refractivity contribution in [1.29, 1.82) is 0 Å². The van der Waals surface area contributed by atoms with Crippen LogP contribution in [0.2, 0.25) is 0 Å². The second-order valence-corrected chi connectivity index (χ2v) is 6.99. The van der Waals surface area contributed by atoms with Gasteiger partial charge in [0, 0.05) is 36.3 Å². The van der Waals surface area contributed by atoms with Crippen LogP contribution in [0.1, 0.15) is 6.92 Å². The highest BCUT2D eigenvalue weighted by molar-refractivity contribution is 7.80. The van der Waals surface area contributed by atoms with Gasteiger partial charge in [-0.15, -0.1) is 12.6 Å². The van der Waals surface area contributed by atoms with Crippen molar-refractivity contribution in [3.8, 4) is 0 Å². The summed E-state index contributed by atoms with van der Waals surface area (Å²) in [6.45, 7) is 4.63. The van der Waals surface area contributed by atoms with E-state index in [1.54, 1.807) is 6.33 Å². The van der Waals surface area contributed by atoms with Crippen molar-refractivity contribution in [2.75, 3.05) is 29.9 Å². The average molecular weight is 362 g/mol. The third-order valence-electron chi connectivity index (χ3n) is 4.55. The number of benzene rings is 1. The Labute approximate surface area is 159 Å². The Morgan fingerprint density at radius 3 is 2.69 bits per heavy atom. The summed E-state index contributed by atoms with van der Waals surface area (Å²) in [5, 5.41) is 3.33. The zero-order chi connectivity index (χ0) is 18.1. The largest absolute Gasteiger partial charge is 0.351 e. The number of anilines is 3. The first-order valence-corrected chi connectivity index (χ1v) is 8.99. The minimum absolute atomic E-state index is 0.294. The molecule has 3 aromatic rings. The fraction of sp³-hybridized carbons (Fsp3) is 0.278. The van der Waals surface area contributed by atoms with E-state index in [4.69, 9.17) is 13.0 Å². The number of nitrogens with one attached hydrogen (secondary N) is 1. The molecule has 0 spiro atoms. The number of rotatable bonds is 3. The van der Waals surface area contributed by atoms with Crippen LogP contribution in [0.4, 0.5) is 17.3 Å². The molecule has 1 aromatic carbocycles. The number of piperazine rings is 1. The quantitative estimate of drug-likeness (QED) is 0.552. The molecule has 1 aliphatic heterocycles. The predicted molar refractivity (Wildman–Crippen MR) is 108 cm³/mol. The molecule has 2 aromatic heterocycles. The number of thiol groups is 1. The molecule has 26 heavy (non-hydrogen) atoms. The standard InChI is InChI=1S/C18H19BN6S/c1-12-10-24(19)8-9-25(12)16-7-6-15-17(23-16)18(21-11-20-15)22-13-2-4-14(26)5-3-13/h2-7,11-12,26H,8-10H2,1H3,(H,20,21,22). The molecule has 6 nitrogen and oxygen atoms in total.